The van der Waals surface area contributed by atoms with Crippen molar-refractivity contribution in [3.8, 4) is 6.07 Å². The van der Waals surface area contributed by atoms with Crippen molar-refractivity contribution in [2.24, 2.45) is 0 Å². The number of nitrogens with one attached hydrogen (secondary N) is 1. The first-order valence-electron chi connectivity index (χ1n) is 5.20. The zero-order chi connectivity index (χ0) is 12.7. The molecule has 1 atom stereocenters. The molecule has 0 aromatic heterocycles. The molecule has 1 unspecified atom stereocenters. The number of rotatable bonds is 5. The Labute approximate surface area is 106 Å². The first-order valence-corrected chi connectivity index (χ1v) is 5.58. The van der Waals surface area contributed by atoms with Crippen LogP contribution in [0.5, 0.6) is 0 Å². The lowest BCUT2D eigenvalue weighted by atomic mass is 9.97. The van der Waals surface area contributed by atoms with Crippen LogP contribution in [0, 0.1) is 11.3 Å². The van der Waals surface area contributed by atoms with Gasteiger partial charge in [-0.1, -0.05) is 29.8 Å². The van der Waals surface area contributed by atoms with E-state index in [1.807, 2.05) is 0 Å². The monoisotopic (exact) mass is 248 g/mol. The predicted molar refractivity (Wildman–Crippen MR) is 67.6 cm³/mol. The fraction of sp³-hybridized carbons (Fsp3) is 0.231. The minimum atomic E-state index is -0.474. The highest BCUT2D eigenvalue weighted by atomic mass is 35.5. The van der Waals surface area contributed by atoms with Gasteiger partial charge in [-0.15, -0.1) is 6.58 Å². The Balaban J connectivity index is 2.70. The van der Waals surface area contributed by atoms with Gasteiger partial charge in [-0.25, -0.2) is 0 Å². The molecule has 1 N–H and O–H groups in total. The summed E-state index contributed by atoms with van der Waals surface area (Å²) < 4.78 is 0. The van der Waals surface area contributed by atoms with Crippen LogP contribution in [0.25, 0.3) is 0 Å². The summed E-state index contributed by atoms with van der Waals surface area (Å²) in [6.45, 7) is 3.91. The summed E-state index contributed by atoms with van der Waals surface area (Å²) in [6.07, 6.45) is 1.73. The number of hydrogen-bond acceptors (Lipinski definition) is 2. The summed E-state index contributed by atoms with van der Waals surface area (Å²) in [5.74, 6) is -0.644. The number of carbonyl (C=O) groups is 1. The number of halogens is 1. The van der Waals surface area contributed by atoms with Crippen molar-refractivity contribution in [1.29, 1.82) is 5.26 Å². The predicted octanol–water partition coefficient (Wildman–Crippen LogP) is 2.64. The van der Waals surface area contributed by atoms with Crippen molar-refractivity contribution in [2.45, 2.75) is 12.3 Å². The van der Waals surface area contributed by atoms with Crippen LogP contribution in [0.4, 0.5) is 0 Å². The molecule has 0 aliphatic carbocycles. The van der Waals surface area contributed by atoms with Gasteiger partial charge in [-0.05, 0) is 17.7 Å². The number of amides is 1. The van der Waals surface area contributed by atoms with Crippen LogP contribution in [0.3, 0.4) is 0 Å². The third-order valence-electron chi connectivity index (χ3n) is 2.24. The number of benzene rings is 1. The SMILES string of the molecule is C=CCNC(=O)CC(C#N)c1cccc(Cl)c1. The molecule has 1 amide bonds. The van der Waals surface area contributed by atoms with E-state index >= 15 is 0 Å². The maximum absolute atomic E-state index is 11.5. The Kier molecular flexibility index (Phi) is 5.25. The summed E-state index contributed by atoms with van der Waals surface area (Å²) in [6, 6.07) is 9.11. The summed E-state index contributed by atoms with van der Waals surface area (Å²) in [4.78, 5) is 11.5. The maximum Gasteiger partial charge on any atom is 0.221 e. The topological polar surface area (TPSA) is 52.9 Å². The molecule has 1 rings (SSSR count). The van der Waals surface area contributed by atoms with E-state index < -0.39 is 5.92 Å². The number of nitriles is 1. The van der Waals surface area contributed by atoms with Crippen LogP contribution in [0.2, 0.25) is 5.02 Å². The smallest absolute Gasteiger partial charge is 0.221 e. The number of carbonyl (C=O) groups excluding carboxylic acids is 1. The van der Waals surface area contributed by atoms with Crippen LogP contribution in [0.15, 0.2) is 36.9 Å². The van der Waals surface area contributed by atoms with Gasteiger partial charge in [0.05, 0.1) is 12.0 Å². The Morgan fingerprint density at radius 1 is 1.65 bits per heavy atom. The van der Waals surface area contributed by atoms with Crippen molar-refractivity contribution in [2.75, 3.05) is 6.54 Å². The first kappa shape index (κ1) is 13.3. The molecule has 3 nitrogen and oxygen atoms in total. The van der Waals surface area contributed by atoms with Gasteiger partial charge in [-0.3, -0.25) is 4.79 Å². The first-order chi connectivity index (χ1) is 8.17. The lowest BCUT2D eigenvalue weighted by Gasteiger charge is -2.09. The zero-order valence-electron chi connectivity index (χ0n) is 9.32. The molecule has 1 aromatic carbocycles. The minimum Gasteiger partial charge on any atom is -0.353 e. The largest absolute Gasteiger partial charge is 0.353 e. The van der Waals surface area contributed by atoms with Crippen molar-refractivity contribution in [3.05, 3.63) is 47.5 Å². The molecule has 0 aliphatic heterocycles. The summed E-state index contributed by atoms with van der Waals surface area (Å²) in [5, 5.41) is 12.3. The molecular formula is C13H13ClN2O. The fourth-order valence-electron chi connectivity index (χ4n) is 1.40. The highest BCUT2D eigenvalue weighted by Gasteiger charge is 2.15. The van der Waals surface area contributed by atoms with Crippen LogP contribution in [0.1, 0.15) is 17.9 Å². The molecule has 0 radical (unpaired) electrons. The molecule has 17 heavy (non-hydrogen) atoms. The average Bonchev–Trinajstić information content (AvgIpc) is 2.33. The average molecular weight is 249 g/mol. The zero-order valence-corrected chi connectivity index (χ0v) is 10.1. The highest BCUT2D eigenvalue weighted by molar-refractivity contribution is 6.30. The van der Waals surface area contributed by atoms with Gasteiger partial charge in [0.25, 0.3) is 0 Å². The maximum atomic E-state index is 11.5. The molecule has 4 heteroatoms. The van der Waals surface area contributed by atoms with E-state index in [2.05, 4.69) is 18.0 Å². The van der Waals surface area contributed by atoms with Crippen LogP contribution in [-0.4, -0.2) is 12.5 Å². The number of hydrogen-bond donors (Lipinski definition) is 1. The second-order valence-corrected chi connectivity index (χ2v) is 3.97. The highest BCUT2D eigenvalue weighted by Crippen LogP contribution is 2.21. The lowest BCUT2D eigenvalue weighted by Crippen LogP contribution is -2.24. The molecule has 88 valence electrons. The van der Waals surface area contributed by atoms with Gasteiger partial charge >= 0.3 is 0 Å². The molecule has 0 spiro atoms. The van der Waals surface area contributed by atoms with Crippen molar-refractivity contribution < 1.29 is 4.79 Å². The van der Waals surface area contributed by atoms with Gasteiger partial charge in [0, 0.05) is 18.0 Å². The third-order valence-corrected chi connectivity index (χ3v) is 2.48. The second-order valence-electron chi connectivity index (χ2n) is 3.53. The Bertz CT molecular complexity index is 451. The quantitative estimate of drug-likeness (QED) is 0.815. The third kappa shape index (κ3) is 4.29. The molecule has 1 aromatic rings. The van der Waals surface area contributed by atoms with Crippen LogP contribution in [-0.2, 0) is 4.79 Å². The Hall–Kier alpha value is -1.79. The molecule has 0 bridgehead atoms. The summed E-state index contributed by atoms with van der Waals surface area (Å²) in [5.41, 5.74) is 0.758. The van der Waals surface area contributed by atoms with Gasteiger partial charge < -0.3 is 5.32 Å². The van der Waals surface area contributed by atoms with Gasteiger partial charge in [0.1, 0.15) is 0 Å². The summed E-state index contributed by atoms with van der Waals surface area (Å²) in [7, 11) is 0. The normalized spacial score (nSPS) is 11.3. The van der Waals surface area contributed by atoms with Gasteiger partial charge in [0.2, 0.25) is 5.91 Å². The van der Waals surface area contributed by atoms with E-state index in [1.165, 1.54) is 0 Å². The van der Waals surface area contributed by atoms with Gasteiger partial charge in [0.15, 0.2) is 0 Å². The van der Waals surface area contributed by atoms with E-state index in [-0.39, 0.29) is 12.3 Å². The van der Waals surface area contributed by atoms with Crippen LogP contribution < -0.4 is 5.32 Å². The molecule has 0 saturated heterocycles. The van der Waals surface area contributed by atoms with Crippen LogP contribution >= 0.6 is 11.6 Å². The van der Waals surface area contributed by atoms with E-state index in [1.54, 1.807) is 30.3 Å². The standard InChI is InChI=1S/C13H13ClN2O/c1-2-6-16-13(17)8-11(9-15)10-4-3-5-12(14)7-10/h2-5,7,11H,1,6,8H2,(H,16,17). The molecule has 0 fully saturated rings. The Morgan fingerprint density at radius 3 is 3.00 bits per heavy atom. The van der Waals surface area contributed by atoms with E-state index in [9.17, 15) is 4.79 Å². The second kappa shape index (κ2) is 6.72. The minimum absolute atomic E-state index is 0.130. The van der Waals surface area contributed by atoms with Crippen molar-refractivity contribution >= 4 is 17.5 Å². The summed E-state index contributed by atoms with van der Waals surface area (Å²) >= 11 is 5.84. The molecule has 0 aliphatic rings. The van der Waals surface area contributed by atoms with Crippen molar-refractivity contribution in [3.63, 3.8) is 0 Å². The van der Waals surface area contributed by atoms with E-state index in [0.29, 0.717) is 11.6 Å². The van der Waals surface area contributed by atoms with E-state index in [0.717, 1.165) is 5.56 Å². The van der Waals surface area contributed by atoms with Gasteiger partial charge in [-0.2, -0.15) is 5.26 Å². The molecular weight excluding hydrogens is 236 g/mol. The lowest BCUT2D eigenvalue weighted by molar-refractivity contribution is -0.121. The molecule has 0 heterocycles. The fourth-order valence-corrected chi connectivity index (χ4v) is 1.60. The number of nitrogens with zero attached hydrogens (tertiary/aromatic N) is 1. The molecule has 0 saturated carbocycles. The van der Waals surface area contributed by atoms with Crippen molar-refractivity contribution in [1.82, 2.24) is 5.32 Å². The van der Waals surface area contributed by atoms with E-state index in [4.69, 9.17) is 16.9 Å². The Morgan fingerprint density at radius 2 is 2.41 bits per heavy atom.